The first-order valence-electron chi connectivity index (χ1n) is 2.28. The van der Waals surface area contributed by atoms with Crippen LogP contribution in [0.3, 0.4) is 0 Å². The second-order valence-corrected chi connectivity index (χ2v) is 2.46. The summed E-state index contributed by atoms with van der Waals surface area (Å²) in [5.74, 6) is 2.20. The van der Waals surface area contributed by atoms with Gasteiger partial charge in [0.1, 0.15) is 5.25 Å². The van der Waals surface area contributed by atoms with Crippen molar-refractivity contribution in [2.24, 2.45) is 0 Å². The van der Waals surface area contributed by atoms with Crippen molar-refractivity contribution in [3.05, 3.63) is 0 Å². The molecule has 0 bridgehead atoms. The lowest BCUT2D eigenvalue weighted by Gasteiger charge is -1.97. The molecule has 2 nitrogen and oxygen atoms in total. The molecular formula is C5H8O2S. The van der Waals surface area contributed by atoms with E-state index in [1.807, 2.05) is 0 Å². The second kappa shape index (κ2) is 3.65. The zero-order valence-corrected chi connectivity index (χ0v) is 5.44. The summed E-state index contributed by atoms with van der Waals surface area (Å²) >= 11 is -1.84. The normalized spacial score (nSPS) is 16.6. The van der Waals surface area contributed by atoms with Gasteiger partial charge in [0.05, 0.1) is 0 Å². The first kappa shape index (κ1) is 7.67. The van der Waals surface area contributed by atoms with E-state index < -0.39 is 16.3 Å². The third-order valence-electron chi connectivity index (χ3n) is 0.800. The van der Waals surface area contributed by atoms with E-state index in [1.165, 1.54) is 0 Å². The molecule has 0 aromatic rings. The Balaban J connectivity index is 3.76. The van der Waals surface area contributed by atoms with Crippen molar-refractivity contribution in [2.45, 2.75) is 18.6 Å². The zero-order chi connectivity index (χ0) is 6.57. The van der Waals surface area contributed by atoms with Crippen LogP contribution in [0, 0.1) is 12.3 Å². The number of hydrogen-bond donors (Lipinski definition) is 1. The Hall–Kier alpha value is -0.330. The van der Waals surface area contributed by atoms with Crippen LogP contribution in [-0.4, -0.2) is 14.0 Å². The standard InChI is InChI=1S/C5H8O2S/c1-3-5(4-2)8(6)7/h1,5H,4H2,2H3,(H,6,7). The van der Waals surface area contributed by atoms with Crippen LogP contribution in [0.5, 0.6) is 0 Å². The molecule has 0 aromatic heterocycles. The molecular weight excluding hydrogens is 124 g/mol. The molecule has 0 aliphatic rings. The lowest BCUT2D eigenvalue weighted by Crippen LogP contribution is -2.09. The largest absolute Gasteiger partial charge is 0.305 e. The van der Waals surface area contributed by atoms with Gasteiger partial charge in [0.25, 0.3) is 0 Å². The van der Waals surface area contributed by atoms with Gasteiger partial charge in [-0.1, -0.05) is 12.8 Å². The molecule has 0 amide bonds. The van der Waals surface area contributed by atoms with E-state index in [4.69, 9.17) is 11.0 Å². The van der Waals surface area contributed by atoms with E-state index in [0.717, 1.165) is 0 Å². The fraction of sp³-hybridized carbons (Fsp3) is 0.600. The first-order valence-corrected chi connectivity index (χ1v) is 3.45. The third kappa shape index (κ3) is 2.10. The first-order chi connectivity index (χ1) is 3.72. The quantitative estimate of drug-likeness (QED) is 0.441. The van der Waals surface area contributed by atoms with Crippen LogP contribution in [0.25, 0.3) is 0 Å². The van der Waals surface area contributed by atoms with Gasteiger partial charge in [0, 0.05) is 0 Å². The van der Waals surface area contributed by atoms with Gasteiger partial charge >= 0.3 is 0 Å². The second-order valence-electron chi connectivity index (χ2n) is 1.34. The van der Waals surface area contributed by atoms with Crippen LogP contribution in [0.15, 0.2) is 0 Å². The fourth-order valence-corrected chi connectivity index (χ4v) is 0.720. The van der Waals surface area contributed by atoms with Gasteiger partial charge in [-0.2, -0.15) is 0 Å². The van der Waals surface area contributed by atoms with Crippen LogP contribution < -0.4 is 0 Å². The molecule has 0 radical (unpaired) electrons. The highest BCUT2D eigenvalue weighted by Gasteiger charge is 2.06. The van der Waals surface area contributed by atoms with Crippen molar-refractivity contribution in [1.82, 2.24) is 0 Å². The van der Waals surface area contributed by atoms with Gasteiger partial charge in [-0.25, -0.2) is 4.21 Å². The molecule has 46 valence electrons. The minimum atomic E-state index is -1.84. The highest BCUT2D eigenvalue weighted by molar-refractivity contribution is 7.80. The van der Waals surface area contributed by atoms with Crippen molar-refractivity contribution >= 4 is 11.1 Å². The molecule has 0 saturated heterocycles. The van der Waals surface area contributed by atoms with Gasteiger partial charge in [0.15, 0.2) is 11.1 Å². The summed E-state index contributed by atoms with van der Waals surface area (Å²) in [6, 6.07) is 0. The summed E-state index contributed by atoms with van der Waals surface area (Å²) in [5.41, 5.74) is 0. The Morgan fingerprint density at radius 2 is 2.50 bits per heavy atom. The van der Waals surface area contributed by atoms with E-state index in [-0.39, 0.29) is 0 Å². The van der Waals surface area contributed by atoms with Crippen molar-refractivity contribution in [3.63, 3.8) is 0 Å². The smallest absolute Gasteiger partial charge is 0.168 e. The maximum atomic E-state index is 10.1. The van der Waals surface area contributed by atoms with Crippen LogP contribution in [0.4, 0.5) is 0 Å². The Morgan fingerprint density at radius 1 is 2.00 bits per heavy atom. The average Bonchev–Trinajstić information content (AvgIpc) is 1.69. The van der Waals surface area contributed by atoms with Gasteiger partial charge in [0.2, 0.25) is 0 Å². The molecule has 3 heteroatoms. The minimum absolute atomic E-state index is 0.491. The number of terminal acetylenes is 1. The van der Waals surface area contributed by atoms with Crippen molar-refractivity contribution in [2.75, 3.05) is 0 Å². The SMILES string of the molecule is C#CC(CC)S(=O)O. The molecule has 0 aliphatic heterocycles. The highest BCUT2D eigenvalue weighted by Crippen LogP contribution is 1.95. The summed E-state index contributed by atoms with van der Waals surface area (Å²) in [6.07, 6.45) is 5.44. The van der Waals surface area contributed by atoms with E-state index in [9.17, 15) is 4.21 Å². The number of rotatable bonds is 2. The monoisotopic (exact) mass is 132 g/mol. The van der Waals surface area contributed by atoms with Gasteiger partial charge in [-0.3, -0.25) is 0 Å². The average molecular weight is 132 g/mol. The molecule has 8 heavy (non-hydrogen) atoms. The lowest BCUT2D eigenvalue weighted by molar-refractivity contribution is 0.556. The molecule has 0 saturated carbocycles. The van der Waals surface area contributed by atoms with Crippen LogP contribution >= 0.6 is 0 Å². The molecule has 0 spiro atoms. The highest BCUT2D eigenvalue weighted by atomic mass is 32.2. The topological polar surface area (TPSA) is 37.3 Å². The van der Waals surface area contributed by atoms with Gasteiger partial charge < -0.3 is 4.55 Å². The zero-order valence-electron chi connectivity index (χ0n) is 4.63. The Morgan fingerprint density at radius 3 is 2.50 bits per heavy atom. The summed E-state index contributed by atoms with van der Waals surface area (Å²) in [5, 5.41) is -0.491. The summed E-state index contributed by atoms with van der Waals surface area (Å²) in [7, 11) is 0. The fourth-order valence-electron chi connectivity index (χ4n) is 0.319. The van der Waals surface area contributed by atoms with Crippen LogP contribution in [0.2, 0.25) is 0 Å². The molecule has 2 atom stereocenters. The maximum absolute atomic E-state index is 10.1. The summed E-state index contributed by atoms with van der Waals surface area (Å²) in [6.45, 7) is 1.78. The predicted molar refractivity (Wildman–Crippen MR) is 33.7 cm³/mol. The third-order valence-corrected chi connectivity index (χ3v) is 1.76. The van der Waals surface area contributed by atoms with Gasteiger partial charge in [-0.05, 0) is 6.42 Å². The lowest BCUT2D eigenvalue weighted by atomic mass is 10.3. The predicted octanol–water partition coefficient (Wildman–Crippen LogP) is 0.620. The van der Waals surface area contributed by atoms with E-state index in [2.05, 4.69) is 5.92 Å². The molecule has 0 rings (SSSR count). The van der Waals surface area contributed by atoms with Crippen molar-refractivity contribution < 1.29 is 8.76 Å². The molecule has 0 heterocycles. The van der Waals surface area contributed by atoms with E-state index in [0.29, 0.717) is 6.42 Å². The summed E-state index contributed by atoms with van der Waals surface area (Å²) in [4.78, 5) is 0. The van der Waals surface area contributed by atoms with Crippen LogP contribution in [0.1, 0.15) is 13.3 Å². The Labute approximate surface area is 51.6 Å². The van der Waals surface area contributed by atoms with Gasteiger partial charge in [-0.15, -0.1) is 6.42 Å². The maximum Gasteiger partial charge on any atom is 0.168 e. The Kier molecular flexibility index (Phi) is 3.49. The number of hydrogen-bond acceptors (Lipinski definition) is 1. The van der Waals surface area contributed by atoms with E-state index in [1.54, 1.807) is 6.92 Å². The molecule has 0 aromatic carbocycles. The van der Waals surface area contributed by atoms with Crippen molar-refractivity contribution in [1.29, 1.82) is 0 Å². The molecule has 0 fully saturated rings. The molecule has 0 aliphatic carbocycles. The van der Waals surface area contributed by atoms with E-state index >= 15 is 0 Å². The molecule has 2 unspecified atom stereocenters. The summed E-state index contributed by atoms with van der Waals surface area (Å²) < 4.78 is 18.5. The Bertz CT molecular complexity index is 125. The molecule has 1 N–H and O–H groups in total. The van der Waals surface area contributed by atoms with Crippen LogP contribution in [-0.2, 0) is 11.1 Å². The van der Waals surface area contributed by atoms with Crippen molar-refractivity contribution in [3.8, 4) is 12.3 Å². The minimum Gasteiger partial charge on any atom is -0.305 e.